The van der Waals surface area contributed by atoms with E-state index in [9.17, 15) is 27.2 Å². The normalized spacial score (nSPS) is 12.8. The second-order valence-corrected chi connectivity index (χ2v) is 8.13. The van der Waals surface area contributed by atoms with Gasteiger partial charge in [0.05, 0.1) is 19.1 Å². The van der Waals surface area contributed by atoms with Crippen molar-refractivity contribution < 1.29 is 32.2 Å². The number of aromatic nitrogens is 4. The molecule has 3 aromatic rings. The SMILES string of the molecule is COc1cc(/C=c2\[nH]c(=O)/c(=C/c3nc[nH]c3C(C)(C)C)[nH]c2=O)ccc1F.O=C(O)C(F)(F)F. The quantitative estimate of drug-likeness (QED) is 0.404. The summed E-state index contributed by atoms with van der Waals surface area (Å²) in [4.78, 5) is 46.2. The second-order valence-electron chi connectivity index (χ2n) is 8.13. The number of carboxylic acid groups (broad SMARTS) is 1. The van der Waals surface area contributed by atoms with Gasteiger partial charge in [-0.15, -0.1) is 0 Å². The first kappa shape index (κ1) is 27.1. The van der Waals surface area contributed by atoms with Crippen LogP contribution in [0, 0.1) is 5.82 Å². The Morgan fingerprint density at radius 2 is 1.60 bits per heavy atom. The Labute approximate surface area is 194 Å². The minimum absolute atomic E-state index is 0.0470. The molecule has 0 atom stereocenters. The van der Waals surface area contributed by atoms with E-state index < -0.39 is 29.1 Å². The highest BCUT2D eigenvalue weighted by molar-refractivity contribution is 5.73. The molecule has 0 radical (unpaired) electrons. The van der Waals surface area contributed by atoms with E-state index in [1.165, 1.54) is 37.5 Å². The fourth-order valence-corrected chi connectivity index (χ4v) is 2.78. The van der Waals surface area contributed by atoms with Gasteiger partial charge in [0, 0.05) is 11.1 Å². The highest BCUT2D eigenvalue weighted by atomic mass is 19.4. The number of aliphatic carboxylic acids is 1. The molecule has 3 rings (SSSR count). The third kappa shape index (κ3) is 7.16. The molecular formula is C22H22F4N4O5. The molecule has 0 aliphatic heterocycles. The van der Waals surface area contributed by atoms with Crippen molar-refractivity contribution in [1.82, 2.24) is 19.9 Å². The van der Waals surface area contributed by atoms with Crippen molar-refractivity contribution >= 4 is 18.1 Å². The summed E-state index contributed by atoms with van der Waals surface area (Å²) in [6, 6.07) is 4.14. The number of halogens is 4. The number of hydrogen-bond acceptors (Lipinski definition) is 5. The Hall–Kier alpha value is -4.16. The van der Waals surface area contributed by atoms with E-state index in [2.05, 4.69) is 19.9 Å². The number of carboxylic acids is 1. The highest BCUT2D eigenvalue weighted by Gasteiger charge is 2.38. The average molecular weight is 498 g/mol. The van der Waals surface area contributed by atoms with Crippen LogP contribution in [0.4, 0.5) is 17.6 Å². The van der Waals surface area contributed by atoms with Gasteiger partial charge in [0.25, 0.3) is 11.1 Å². The lowest BCUT2D eigenvalue weighted by atomic mass is 9.90. The van der Waals surface area contributed by atoms with Crippen molar-refractivity contribution in [2.45, 2.75) is 32.4 Å². The molecule has 9 nitrogen and oxygen atoms in total. The van der Waals surface area contributed by atoms with Crippen LogP contribution >= 0.6 is 0 Å². The topological polar surface area (TPSA) is 141 Å². The molecule has 1 aromatic carbocycles. The van der Waals surface area contributed by atoms with Gasteiger partial charge in [-0.25, -0.2) is 14.2 Å². The van der Waals surface area contributed by atoms with Gasteiger partial charge in [-0.3, -0.25) is 9.59 Å². The number of carbonyl (C=O) groups is 1. The van der Waals surface area contributed by atoms with Crippen LogP contribution in [-0.4, -0.2) is 44.3 Å². The summed E-state index contributed by atoms with van der Waals surface area (Å²) in [5.74, 6) is -3.22. The Kier molecular flexibility index (Phi) is 8.05. The summed E-state index contributed by atoms with van der Waals surface area (Å²) in [7, 11) is 1.35. The van der Waals surface area contributed by atoms with Crippen molar-refractivity contribution in [3.05, 3.63) is 78.7 Å². The molecule has 0 unspecified atom stereocenters. The molecule has 0 bridgehead atoms. The van der Waals surface area contributed by atoms with Crippen LogP contribution in [0.2, 0.25) is 0 Å². The number of benzene rings is 1. The highest BCUT2D eigenvalue weighted by Crippen LogP contribution is 2.22. The van der Waals surface area contributed by atoms with Gasteiger partial charge in [-0.05, 0) is 29.8 Å². The first-order chi connectivity index (χ1) is 16.1. The number of H-pyrrole nitrogens is 3. The Morgan fingerprint density at radius 1 is 1.06 bits per heavy atom. The summed E-state index contributed by atoms with van der Waals surface area (Å²) >= 11 is 0. The fraction of sp³-hybridized carbons (Fsp3) is 0.273. The first-order valence-electron chi connectivity index (χ1n) is 9.87. The summed E-state index contributed by atoms with van der Waals surface area (Å²) in [6.45, 7) is 6.04. The maximum atomic E-state index is 13.5. The average Bonchev–Trinajstić information content (AvgIpc) is 3.21. The fourth-order valence-electron chi connectivity index (χ4n) is 2.78. The molecule has 0 aliphatic carbocycles. The smallest absolute Gasteiger partial charge is 0.490 e. The first-order valence-corrected chi connectivity index (χ1v) is 9.87. The van der Waals surface area contributed by atoms with E-state index in [-0.39, 0.29) is 21.9 Å². The van der Waals surface area contributed by atoms with Crippen LogP contribution in [0.5, 0.6) is 5.75 Å². The van der Waals surface area contributed by atoms with Crippen LogP contribution in [0.25, 0.3) is 12.2 Å². The van der Waals surface area contributed by atoms with Gasteiger partial charge < -0.3 is 24.8 Å². The third-order valence-electron chi connectivity index (χ3n) is 4.41. The van der Waals surface area contributed by atoms with Crippen molar-refractivity contribution in [1.29, 1.82) is 0 Å². The zero-order valence-corrected chi connectivity index (χ0v) is 19.0. The summed E-state index contributed by atoms with van der Waals surface area (Å²) in [5, 5.41) is 7.27. The van der Waals surface area contributed by atoms with Crippen LogP contribution in [0.3, 0.4) is 0 Å². The van der Waals surface area contributed by atoms with Gasteiger partial charge in [-0.2, -0.15) is 13.2 Å². The van der Waals surface area contributed by atoms with Gasteiger partial charge in [0.15, 0.2) is 11.6 Å². The van der Waals surface area contributed by atoms with Gasteiger partial charge in [0.1, 0.15) is 10.7 Å². The Bertz CT molecular complexity index is 1450. The van der Waals surface area contributed by atoms with Crippen molar-refractivity contribution in [2.75, 3.05) is 7.11 Å². The number of methoxy groups -OCH3 is 1. The van der Waals surface area contributed by atoms with Gasteiger partial charge >= 0.3 is 12.1 Å². The van der Waals surface area contributed by atoms with Crippen molar-refractivity contribution in [3.63, 3.8) is 0 Å². The maximum absolute atomic E-state index is 13.5. The largest absolute Gasteiger partial charge is 0.494 e. The van der Waals surface area contributed by atoms with E-state index in [1.54, 1.807) is 6.33 Å². The molecule has 13 heteroatoms. The lowest BCUT2D eigenvalue weighted by Gasteiger charge is -2.16. The molecule has 2 aromatic heterocycles. The molecule has 0 saturated heterocycles. The van der Waals surface area contributed by atoms with Crippen molar-refractivity contribution in [3.8, 4) is 5.75 Å². The predicted molar refractivity (Wildman–Crippen MR) is 118 cm³/mol. The van der Waals surface area contributed by atoms with E-state index in [0.29, 0.717) is 11.3 Å². The summed E-state index contributed by atoms with van der Waals surface area (Å²) in [6.07, 6.45) is -0.564. The number of nitrogens with one attached hydrogen (secondary N) is 3. The number of nitrogens with zero attached hydrogens (tertiary/aromatic N) is 1. The van der Waals surface area contributed by atoms with Crippen molar-refractivity contribution in [2.24, 2.45) is 0 Å². The van der Waals surface area contributed by atoms with Gasteiger partial charge in [0.2, 0.25) is 0 Å². The van der Waals surface area contributed by atoms with Crippen LogP contribution < -0.4 is 26.6 Å². The number of imidazole rings is 1. The summed E-state index contributed by atoms with van der Waals surface area (Å²) < 4.78 is 50.2. The molecule has 188 valence electrons. The molecule has 2 heterocycles. The molecule has 0 amide bonds. The third-order valence-corrected chi connectivity index (χ3v) is 4.41. The number of alkyl halides is 3. The van der Waals surface area contributed by atoms with Crippen LogP contribution in [-0.2, 0) is 10.2 Å². The molecule has 4 N–H and O–H groups in total. The van der Waals surface area contributed by atoms with E-state index >= 15 is 0 Å². The van der Waals surface area contributed by atoms with Crippen LogP contribution in [0.1, 0.15) is 37.7 Å². The molecular weight excluding hydrogens is 476 g/mol. The maximum Gasteiger partial charge on any atom is 0.490 e. The molecule has 0 spiro atoms. The monoisotopic (exact) mass is 498 g/mol. The zero-order chi connectivity index (χ0) is 26.6. The molecule has 35 heavy (non-hydrogen) atoms. The lowest BCUT2D eigenvalue weighted by Crippen LogP contribution is -2.46. The number of ether oxygens (including phenoxy) is 1. The molecule has 0 saturated carbocycles. The zero-order valence-electron chi connectivity index (χ0n) is 19.0. The minimum atomic E-state index is -5.08. The number of rotatable bonds is 3. The lowest BCUT2D eigenvalue weighted by molar-refractivity contribution is -0.192. The number of aromatic amines is 3. The Balaban J connectivity index is 0.000000540. The summed E-state index contributed by atoms with van der Waals surface area (Å²) in [5.41, 5.74) is 0.781. The molecule has 0 fully saturated rings. The molecule has 0 aliphatic rings. The Morgan fingerprint density at radius 3 is 2.09 bits per heavy atom. The minimum Gasteiger partial charge on any atom is -0.494 e. The van der Waals surface area contributed by atoms with Gasteiger partial charge in [-0.1, -0.05) is 26.8 Å². The van der Waals surface area contributed by atoms with E-state index in [4.69, 9.17) is 14.6 Å². The number of hydrogen-bond donors (Lipinski definition) is 4. The van der Waals surface area contributed by atoms with Crippen LogP contribution in [0.15, 0.2) is 34.1 Å². The second kappa shape index (κ2) is 10.4. The van der Waals surface area contributed by atoms with E-state index in [1.807, 2.05) is 20.8 Å². The predicted octanol–water partition coefficient (Wildman–Crippen LogP) is 1.52. The van der Waals surface area contributed by atoms with E-state index in [0.717, 1.165) is 5.69 Å². The standard InChI is InChI=1S/C20H21FN4O3.C2HF3O2/c1-20(2,3)17-13(22-10-23-17)9-15-19(27)24-14(18(26)25-15)7-11-5-6-12(21)16(8-11)28-4;3-2(4,5)1(6)7/h5-10H,1-4H3,(H,22,23)(H,24,27)(H,25,26);(H,6,7)/b14-7-,15-9-;.